The molecule has 16 heavy (non-hydrogen) atoms. The summed E-state index contributed by atoms with van der Waals surface area (Å²) in [6.45, 7) is 1.01. The molecule has 2 aromatic carbocycles. The van der Waals surface area contributed by atoms with Gasteiger partial charge in [0, 0.05) is 6.54 Å². The van der Waals surface area contributed by atoms with Gasteiger partial charge in [0.15, 0.2) is 9.68 Å². The van der Waals surface area contributed by atoms with E-state index in [-0.39, 0.29) is 0 Å². The van der Waals surface area contributed by atoms with Gasteiger partial charge in [-0.3, -0.25) is 0 Å². The molecule has 0 heterocycles. The first-order valence-electron chi connectivity index (χ1n) is 5.41. The van der Waals surface area contributed by atoms with Crippen LogP contribution in [0.15, 0.2) is 60.7 Å². The zero-order valence-electron chi connectivity index (χ0n) is 9.43. The third kappa shape index (κ3) is 3.33. The Hall–Kier alpha value is -1.38. The van der Waals surface area contributed by atoms with Gasteiger partial charge in [-0.1, -0.05) is 60.7 Å². The van der Waals surface area contributed by atoms with Gasteiger partial charge in [-0.25, -0.2) is 0 Å². The Balaban J connectivity index is 1.92. The van der Waals surface area contributed by atoms with E-state index < -0.39 is 0 Å². The van der Waals surface area contributed by atoms with Gasteiger partial charge in [-0.2, -0.15) is 0 Å². The molecule has 0 spiro atoms. The van der Waals surface area contributed by atoms with E-state index in [1.54, 1.807) is 0 Å². The van der Waals surface area contributed by atoms with Crippen LogP contribution in [-0.2, 0) is 6.54 Å². The molecule has 0 N–H and O–H groups in total. The molecule has 0 aliphatic heterocycles. The van der Waals surface area contributed by atoms with Crippen LogP contribution in [0.2, 0.25) is 0 Å². The van der Waals surface area contributed by atoms with Gasteiger partial charge in [-0.15, -0.1) is 0 Å². The van der Waals surface area contributed by atoms with Gasteiger partial charge in [-0.05, 0) is 17.8 Å². The molecule has 0 saturated heterocycles. The van der Waals surface area contributed by atoms with Crippen LogP contribution >= 0.6 is 0 Å². The maximum absolute atomic E-state index is 2.35. The maximum atomic E-state index is 2.35. The first-order chi connectivity index (χ1) is 7.84. The lowest BCUT2D eigenvalue weighted by Gasteiger charge is -2.15. The van der Waals surface area contributed by atoms with Crippen molar-refractivity contribution in [2.24, 2.45) is 0 Å². The van der Waals surface area contributed by atoms with Gasteiger partial charge >= 0.3 is 0 Å². The van der Waals surface area contributed by atoms with Crippen molar-refractivity contribution in [3.05, 3.63) is 66.2 Å². The molecule has 0 saturated carbocycles. The summed E-state index contributed by atoms with van der Waals surface area (Å²) in [4.78, 5) is 0. The summed E-state index contributed by atoms with van der Waals surface area (Å²) in [5.74, 6) is 0. The molecule has 0 aromatic heterocycles. The molecule has 0 aliphatic carbocycles. The normalized spacial score (nSPS) is 10.6. The van der Waals surface area contributed by atoms with Crippen molar-refractivity contribution in [3.8, 4) is 0 Å². The highest BCUT2D eigenvalue weighted by molar-refractivity contribution is 6.50. The third-order valence-electron chi connectivity index (χ3n) is 2.36. The second-order valence-electron chi connectivity index (χ2n) is 3.82. The Kier molecular flexibility index (Phi) is 3.91. The van der Waals surface area contributed by atoms with Crippen LogP contribution in [0, 0.1) is 0 Å². The van der Waals surface area contributed by atoms with E-state index in [0.29, 0.717) is 0 Å². The number of rotatable bonds is 4. The highest BCUT2D eigenvalue weighted by Crippen LogP contribution is 2.01. The molecular formula is C14H15NSi. The van der Waals surface area contributed by atoms with Crippen molar-refractivity contribution in [1.82, 2.24) is 4.57 Å². The minimum Gasteiger partial charge on any atom is -0.320 e. The number of hydrogen-bond acceptors (Lipinski definition) is 1. The van der Waals surface area contributed by atoms with Gasteiger partial charge in [0.2, 0.25) is 0 Å². The average Bonchev–Trinajstić information content (AvgIpc) is 2.31. The van der Waals surface area contributed by atoms with E-state index in [4.69, 9.17) is 0 Å². The summed E-state index contributed by atoms with van der Waals surface area (Å²) in [5.41, 5.74) is 1.37. The van der Waals surface area contributed by atoms with Crippen molar-refractivity contribution in [2.75, 3.05) is 7.05 Å². The summed E-state index contributed by atoms with van der Waals surface area (Å²) >= 11 is 0. The average molecular weight is 225 g/mol. The van der Waals surface area contributed by atoms with Crippen molar-refractivity contribution in [1.29, 1.82) is 0 Å². The monoisotopic (exact) mass is 225 g/mol. The number of nitrogens with zero attached hydrogens (tertiary/aromatic N) is 1. The van der Waals surface area contributed by atoms with Gasteiger partial charge in [0.1, 0.15) is 0 Å². The molecule has 2 radical (unpaired) electrons. The van der Waals surface area contributed by atoms with Crippen molar-refractivity contribution in [2.45, 2.75) is 6.54 Å². The van der Waals surface area contributed by atoms with Crippen LogP contribution in [0.5, 0.6) is 0 Å². The standard InChI is InChI=1S/C14H15NSi/c1-15(12-13-8-4-2-5-9-13)16-14-10-6-3-7-11-14/h2-11H,12H2,1H3. The highest BCUT2D eigenvalue weighted by Gasteiger charge is 2.02. The predicted molar refractivity (Wildman–Crippen MR) is 69.7 cm³/mol. The zero-order valence-corrected chi connectivity index (χ0v) is 10.4. The summed E-state index contributed by atoms with van der Waals surface area (Å²) in [6.07, 6.45) is 0. The van der Waals surface area contributed by atoms with Gasteiger partial charge < -0.3 is 4.57 Å². The lowest BCUT2D eigenvalue weighted by Crippen LogP contribution is -2.31. The Morgan fingerprint density at radius 2 is 1.44 bits per heavy atom. The molecule has 0 fully saturated rings. The fourth-order valence-electron chi connectivity index (χ4n) is 1.63. The highest BCUT2D eigenvalue weighted by atomic mass is 28.2. The lowest BCUT2D eigenvalue weighted by molar-refractivity contribution is 0.536. The summed E-state index contributed by atoms with van der Waals surface area (Å²) in [7, 11) is 2.90. The van der Waals surface area contributed by atoms with Crippen LogP contribution in [0.3, 0.4) is 0 Å². The Bertz CT molecular complexity index is 372. The minimum absolute atomic E-state index is 0.737. The second kappa shape index (κ2) is 5.63. The molecule has 0 amide bonds. The Labute approximate surface area is 99.6 Å². The van der Waals surface area contributed by atoms with Crippen LogP contribution in [0.4, 0.5) is 0 Å². The largest absolute Gasteiger partial charge is 0.320 e. The van der Waals surface area contributed by atoms with E-state index >= 15 is 0 Å². The van der Waals surface area contributed by atoms with Crippen LogP contribution in [0.25, 0.3) is 0 Å². The summed E-state index contributed by atoms with van der Waals surface area (Å²) < 4.78 is 2.35. The minimum atomic E-state index is 0.737. The van der Waals surface area contributed by atoms with Gasteiger partial charge in [0.25, 0.3) is 0 Å². The molecule has 1 nitrogen and oxygen atoms in total. The number of benzene rings is 2. The molecule has 2 heteroatoms. The molecule has 0 unspecified atom stereocenters. The van der Waals surface area contributed by atoms with E-state index in [1.807, 2.05) is 0 Å². The topological polar surface area (TPSA) is 3.24 Å². The van der Waals surface area contributed by atoms with E-state index in [1.165, 1.54) is 10.8 Å². The predicted octanol–water partition coefficient (Wildman–Crippen LogP) is 2.06. The molecule has 0 aliphatic rings. The zero-order chi connectivity index (χ0) is 11.2. The quantitative estimate of drug-likeness (QED) is 0.720. The summed E-state index contributed by atoms with van der Waals surface area (Å²) in [6, 6.07) is 21.2. The number of hydrogen-bond donors (Lipinski definition) is 0. The molecular weight excluding hydrogens is 210 g/mol. The van der Waals surface area contributed by atoms with Crippen LogP contribution in [-0.4, -0.2) is 21.3 Å². The van der Waals surface area contributed by atoms with Gasteiger partial charge in [0.05, 0.1) is 0 Å². The Morgan fingerprint density at radius 1 is 0.875 bits per heavy atom. The SMILES string of the molecule is CN(Cc1ccccc1)[Si]c1ccccc1. The van der Waals surface area contributed by atoms with Crippen molar-refractivity contribution < 1.29 is 0 Å². The van der Waals surface area contributed by atoms with Crippen molar-refractivity contribution >= 4 is 14.9 Å². The third-order valence-corrected chi connectivity index (χ3v) is 3.49. The molecule has 80 valence electrons. The molecule has 2 aromatic rings. The van der Waals surface area contributed by atoms with Crippen LogP contribution in [0.1, 0.15) is 5.56 Å². The lowest BCUT2D eigenvalue weighted by atomic mass is 10.2. The summed E-state index contributed by atoms with van der Waals surface area (Å²) in [5, 5.41) is 1.39. The van der Waals surface area contributed by atoms with E-state index in [9.17, 15) is 0 Å². The van der Waals surface area contributed by atoms with E-state index in [0.717, 1.165) is 16.2 Å². The van der Waals surface area contributed by atoms with E-state index in [2.05, 4.69) is 72.3 Å². The molecule has 0 atom stereocenters. The van der Waals surface area contributed by atoms with Crippen LogP contribution < -0.4 is 5.19 Å². The first-order valence-corrected chi connectivity index (χ1v) is 6.36. The molecule has 0 bridgehead atoms. The fraction of sp³-hybridized carbons (Fsp3) is 0.143. The smallest absolute Gasteiger partial charge is 0.182 e. The second-order valence-corrected chi connectivity index (χ2v) is 5.38. The first kappa shape index (κ1) is 11.1. The Morgan fingerprint density at radius 3 is 2.06 bits per heavy atom. The van der Waals surface area contributed by atoms with Crippen molar-refractivity contribution in [3.63, 3.8) is 0 Å². The maximum Gasteiger partial charge on any atom is 0.182 e. The fourth-order valence-corrected chi connectivity index (χ4v) is 2.67. The molecule has 2 rings (SSSR count).